The first-order chi connectivity index (χ1) is 31.0. The van der Waals surface area contributed by atoms with Gasteiger partial charge in [-0.1, -0.05) is 13.0 Å². The van der Waals surface area contributed by atoms with Gasteiger partial charge in [0.05, 0.1) is 34.0 Å². The number of pyridine rings is 1. The van der Waals surface area contributed by atoms with Gasteiger partial charge in [0.2, 0.25) is 17.7 Å². The van der Waals surface area contributed by atoms with Crippen LogP contribution in [0.15, 0.2) is 54.7 Å². The molecule has 342 valence electrons. The molecule has 0 radical (unpaired) electrons. The summed E-state index contributed by atoms with van der Waals surface area (Å²) in [4.78, 5) is 76.9. The van der Waals surface area contributed by atoms with Crippen molar-refractivity contribution < 1.29 is 46.6 Å². The Morgan fingerprint density at radius 1 is 0.985 bits per heavy atom. The highest BCUT2D eigenvalue weighted by molar-refractivity contribution is 7.80. The highest BCUT2D eigenvalue weighted by Gasteiger charge is 2.50. The molecule has 5 aliphatic rings. The van der Waals surface area contributed by atoms with Crippen LogP contribution in [0.25, 0.3) is 0 Å². The molecule has 3 aromatic rings. The zero-order valence-electron chi connectivity index (χ0n) is 36.2. The summed E-state index contributed by atoms with van der Waals surface area (Å²) in [6, 6.07) is 12.4. The molecule has 0 spiro atoms. The maximum absolute atomic E-state index is 13.7. The van der Waals surface area contributed by atoms with E-state index in [9.17, 15) is 42.4 Å². The lowest BCUT2D eigenvalue weighted by Gasteiger charge is -2.44. The van der Waals surface area contributed by atoms with Crippen LogP contribution in [0.4, 0.5) is 18.9 Å². The van der Waals surface area contributed by atoms with Gasteiger partial charge in [-0.05, 0) is 113 Å². The Hall–Kier alpha value is -5.97. The molecule has 1 N–H and O–H groups in total. The van der Waals surface area contributed by atoms with Gasteiger partial charge >= 0.3 is 6.18 Å². The molecule has 5 amide bonds. The molecular weight excluding hydrogens is 866 g/mol. The first kappa shape index (κ1) is 45.6. The van der Waals surface area contributed by atoms with Gasteiger partial charge in [-0.25, -0.2) is 4.98 Å². The number of carbonyl (C=O) groups is 5. The van der Waals surface area contributed by atoms with Crippen LogP contribution in [0.5, 0.6) is 11.6 Å². The summed E-state index contributed by atoms with van der Waals surface area (Å²) in [5.41, 5.74) is -1.76. The number of fused-ring (bicyclic) bond motifs is 1. The summed E-state index contributed by atoms with van der Waals surface area (Å²) in [5.74, 6) is -1.14. The fourth-order valence-electron chi connectivity index (χ4n) is 9.29. The second-order valence-electron chi connectivity index (χ2n) is 17.7. The monoisotopic (exact) mass is 914 g/mol. The van der Waals surface area contributed by atoms with Crippen LogP contribution in [0.2, 0.25) is 0 Å². The zero-order valence-corrected chi connectivity index (χ0v) is 37.0. The lowest BCUT2D eigenvalue weighted by atomic mass is 9.86. The molecule has 3 saturated heterocycles. The maximum atomic E-state index is 13.7. The Kier molecular flexibility index (Phi) is 12.7. The van der Waals surface area contributed by atoms with Crippen LogP contribution in [-0.2, 0) is 27.1 Å². The number of ether oxygens (including phenoxy) is 2. The molecule has 1 atom stereocenters. The van der Waals surface area contributed by atoms with Gasteiger partial charge in [-0.3, -0.25) is 44.0 Å². The van der Waals surface area contributed by atoms with Crippen LogP contribution >= 0.6 is 12.2 Å². The highest BCUT2D eigenvalue weighted by Crippen LogP contribution is 2.39. The Labute approximate surface area is 379 Å². The second-order valence-corrected chi connectivity index (χ2v) is 18.0. The number of piperidine rings is 2. The van der Waals surface area contributed by atoms with E-state index in [1.807, 2.05) is 6.07 Å². The number of likely N-dealkylation sites (tertiary alicyclic amines) is 1. The lowest BCUT2D eigenvalue weighted by molar-refractivity contribution is -0.138. The zero-order chi connectivity index (χ0) is 46.4. The lowest BCUT2D eigenvalue weighted by Crippen LogP contribution is -2.54. The van der Waals surface area contributed by atoms with Crippen molar-refractivity contribution in [3.05, 3.63) is 82.5 Å². The van der Waals surface area contributed by atoms with Crippen molar-refractivity contribution in [2.75, 3.05) is 44.2 Å². The number of benzene rings is 2. The third-order valence-electron chi connectivity index (χ3n) is 13.2. The van der Waals surface area contributed by atoms with E-state index in [1.165, 1.54) is 6.07 Å². The smallest absolute Gasteiger partial charge is 0.417 e. The van der Waals surface area contributed by atoms with E-state index >= 15 is 0 Å². The number of hydrogen-bond acceptors (Lipinski definition) is 12. The van der Waals surface area contributed by atoms with E-state index in [-0.39, 0.29) is 47.4 Å². The third kappa shape index (κ3) is 9.16. The molecule has 4 aliphatic heterocycles. The number of nitrogens with one attached hydrogen (secondary N) is 1. The molecule has 4 fully saturated rings. The van der Waals surface area contributed by atoms with Gasteiger partial charge in [0.15, 0.2) is 5.11 Å². The SMILES string of the molecule is CCN(CC1CCN(CCOc2ccc(CN3C(=S)N(c4ccc(C#N)c(C(F)(F)F)c4)C(=O)C3(C)C)cn2)CC1)C1CC(Oc2ccc3c(c2)C(=O)N(C2CCC(=O)NC2=O)C3=O)C1. The Morgan fingerprint density at radius 3 is 2.38 bits per heavy atom. The van der Waals surface area contributed by atoms with Crippen LogP contribution in [-0.4, -0.2) is 122 Å². The molecule has 15 nitrogen and oxygen atoms in total. The molecule has 1 aliphatic carbocycles. The predicted molar refractivity (Wildman–Crippen MR) is 233 cm³/mol. The van der Waals surface area contributed by atoms with E-state index in [4.69, 9.17) is 21.7 Å². The molecule has 1 aromatic heterocycles. The minimum Gasteiger partial charge on any atom is -0.490 e. The molecule has 2 aromatic carbocycles. The molecule has 5 heterocycles. The van der Waals surface area contributed by atoms with Crippen molar-refractivity contribution in [1.82, 2.24) is 29.9 Å². The minimum absolute atomic E-state index is 0.0208. The van der Waals surface area contributed by atoms with Crippen LogP contribution in [0.1, 0.15) is 96.7 Å². The molecule has 65 heavy (non-hydrogen) atoms. The number of carbonyl (C=O) groups excluding carboxylic acids is 5. The van der Waals surface area contributed by atoms with Crippen LogP contribution < -0.4 is 19.7 Å². The van der Waals surface area contributed by atoms with Gasteiger partial charge in [-0.15, -0.1) is 0 Å². The van der Waals surface area contributed by atoms with E-state index < -0.39 is 58.4 Å². The van der Waals surface area contributed by atoms with Crippen molar-refractivity contribution in [3.8, 4) is 17.7 Å². The molecular formula is C46H49F3N8O7S. The Bertz CT molecular complexity index is 2450. The summed E-state index contributed by atoms with van der Waals surface area (Å²) in [6.07, 6.45) is 0.816. The normalized spacial score (nSPS) is 22.6. The molecule has 1 saturated carbocycles. The van der Waals surface area contributed by atoms with Crippen molar-refractivity contribution in [2.45, 2.75) is 95.7 Å². The van der Waals surface area contributed by atoms with Crippen molar-refractivity contribution >= 4 is 52.6 Å². The summed E-state index contributed by atoms with van der Waals surface area (Å²) in [5, 5.41) is 11.5. The van der Waals surface area contributed by atoms with E-state index in [1.54, 1.807) is 55.3 Å². The van der Waals surface area contributed by atoms with Crippen LogP contribution in [0, 0.1) is 17.2 Å². The van der Waals surface area contributed by atoms with Crippen molar-refractivity contribution in [3.63, 3.8) is 0 Å². The Balaban J connectivity index is 0.753. The number of amides is 5. The number of anilines is 1. The molecule has 19 heteroatoms. The topological polar surface area (TPSA) is 169 Å². The Morgan fingerprint density at radius 2 is 1.72 bits per heavy atom. The quantitative estimate of drug-likeness (QED) is 0.163. The average molecular weight is 915 g/mol. The number of rotatable bonds is 14. The van der Waals surface area contributed by atoms with Crippen molar-refractivity contribution in [2.24, 2.45) is 5.92 Å². The summed E-state index contributed by atoms with van der Waals surface area (Å²) < 4.78 is 53.3. The largest absolute Gasteiger partial charge is 0.490 e. The van der Waals surface area contributed by atoms with Gasteiger partial charge in [-0.2, -0.15) is 18.4 Å². The molecule has 0 bridgehead atoms. The highest BCUT2D eigenvalue weighted by atomic mass is 32.1. The number of imide groups is 2. The number of alkyl halides is 3. The average Bonchev–Trinajstić information content (AvgIpc) is 3.60. The first-order valence-electron chi connectivity index (χ1n) is 21.8. The standard InChI is InChI=1S/C46H49F3N8O7S/c1-4-54(31-19-33(20-31)64-32-8-9-34-35(22-32)42(61)57(41(34)60)37-10-11-38(58)52-40(37)59)25-27-13-15-53(16-14-27)17-18-63-39-12-5-28(24-51-39)26-55-44(65)56(43(62)45(55,2)3)30-7-6-29(23-50)36(21-30)46(47,48)49/h5-9,12,21-22,24,27,31,33,37H,4,10-11,13-20,25-26H2,1-3H3,(H,52,58,59). The van der Waals surface area contributed by atoms with Gasteiger partial charge in [0.25, 0.3) is 17.7 Å². The fourth-order valence-corrected chi connectivity index (χ4v) is 9.77. The number of nitriles is 1. The van der Waals surface area contributed by atoms with Crippen molar-refractivity contribution in [1.29, 1.82) is 5.26 Å². The maximum Gasteiger partial charge on any atom is 0.417 e. The fraction of sp³-hybridized carbons (Fsp3) is 0.478. The van der Waals surface area contributed by atoms with Gasteiger partial charge in [0, 0.05) is 57.2 Å². The predicted octanol–water partition coefficient (Wildman–Crippen LogP) is 5.31. The number of nitrogens with zero attached hydrogens (tertiary/aromatic N) is 7. The summed E-state index contributed by atoms with van der Waals surface area (Å²) >= 11 is 5.63. The molecule has 1 unspecified atom stereocenters. The number of halogens is 3. The number of hydrogen-bond donors (Lipinski definition) is 1. The first-order valence-corrected chi connectivity index (χ1v) is 22.2. The minimum atomic E-state index is -4.79. The van der Waals surface area contributed by atoms with E-state index in [0.717, 1.165) is 85.9 Å². The summed E-state index contributed by atoms with van der Waals surface area (Å²) in [7, 11) is 0. The molecule has 8 rings (SSSR count). The number of thiocarbonyl (C=S) groups is 1. The third-order valence-corrected chi connectivity index (χ3v) is 13.6. The summed E-state index contributed by atoms with van der Waals surface area (Å²) in [6.45, 7) is 10.7. The van der Waals surface area contributed by atoms with E-state index in [2.05, 4.69) is 27.0 Å². The van der Waals surface area contributed by atoms with Gasteiger partial charge in [0.1, 0.15) is 30.0 Å². The second kappa shape index (κ2) is 18.1. The van der Waals surface area contributed by atoms with E-state index in [0.29, 0.717) is 30.2 Å². The number of aromatic nitrogens is 1. The van der Waals surface area contributed by atoms with Crippen LogP contribution in [0.3, 0.4) is 0 Å². The van der Waals surface area contributed by atoms with Gasteiger partial charge < -0.3 is 19.3 Å².